The van der Waals surface area contributed by atoms with Gasteiger partial charge in [-0.25, -0.2) is 4.79 Å². The van der Waals surface area contributed by atoms with E-state index in [1.807, 2.05) is 13.8 Å². The lowest BCUT2D eigenvalue weighted by molar-refractivity contribution is -0.126. The Hall–Kier alpha value is -2.51. The highest BCUT2D eigenvalue weighted by molar-refractivity contribution is 5.91. The van der Waals surface area contributed by atoms with Crippen molar-refractivity contribution in [3.05, 3.63) is 24.2 Å². The highest BCUT2D eigenvalue weighted by Gasteiger charge is 2.47. The Morgan fingerprint density at radius 2 is 1.88 bits per heavy atom. The standard InChI is InChI=1S/C18H26N4O4/c1-13(2)19-17(25)22-7-6-21(16(24)14-5-4-8-26-14)11-18(12-22)9-15(23)20(3)10-18/h4-5,8,13H,6-7,9-12H2,1-3H3,(H,19,25)/t18-/m1/s1. The lowest BCUT2D eigenvalue weighted by atomic mass is 9.86. The normalized spacial score (nSPS) is 23.7. The molecule has 0 saturated carbocycles. The second-order valence-electron chi connectivity index (χ2n) is 7.66. The second-order valence-corrected chi connectivity index (χ2v) is 7.66. The van der Waals surface area contributed by atoms with Gasteiger partial charge in [-0.05, 0) is 26.0 Å². The average molecular weight is 362 g/mol. The quantitative estimate of drug-likeness (QED) is 0.851. The van der Waals surface area contributed by atoms with Crippen LogP contribution >= 0.6 is 0 Å². The zero-order chi connectivity index (χ0) is 18.9. The van der Waals surface area contributed by atoms with Crippen LogP contribution in [0.15, 0.2) is 22.8 Å². The number of carbonyl (C=O) groups excluding carboxylic acids is 3. The molecule has 1 aromatic rings. The van der Waals surface area contributed by atoms with Crippen molar-refractivity contribution >= 4 is 17.8 Å². The Morgan fingerprint density at radius 3 is 2.46 bits per heavy atom. The van der Waals surface area contributed by atoms with E-state index in [0.29, 0.717) is 39.1 Å². The van der Waals surface area contributed by atoms with E-state index < -0.39 is 5.41 Å². The van der Waals surface area contributed by atoms with Crippen LogP contribution in [-0.4, -0.2) is 78.4 Å². The van der Waals surface area contributed by atoms with Crippen molar-refractivity contribution in [3.8, 4) is 0 Å². The zero-order valence-electron chi connectivity index (χ0n) is 15.5. The van der Waals surface area contributed by atoms with E-state index in [2.05, 4.69) is 5.32 Å². The van der Waals surface area contributed by atoms with Gasteiger partial charge in [-0.2, -0.15) is 0 Å². The molecule has 1 spiro atoms. The summed E-state index contributed by atoms with van der Waals surface area (Å²) in [6, 6.07) is 3.18. The minimum Gasteiger partial charge on any atom is -0.459 e. The predicted molar refractivity (Wildman–Crippen MR) is 94.5 cm³/mol. The molecule has 8 heteroatoms. The van der Waals surface area contributed by atoms with Crippen molar-refractivity contribution in [1.82, 2.24) is 20.0 Å². The molecule has 2 saturated heterocycles. The number of urea groups is 1. The molecule has 2 aliphatic heterocycles. The number of hydrogen-bond donors (Lipinski definition) is 1. The summed E-state index contributed by atoms with van der Waals surface area (Å²) in [5.74, 6) is 0.113. The van der Waals surface area contributed by atoms with E-state index in [9.17, 15) is 14.4 Å². The first kappa shape index (κ1) is 18.3. The third-order valence-corrected chi connectivity index (χ3v) is 4.94. The maximum Gasteiger partial charge on any atom is 0.317 e. The molecule has 1 N–H and O–H groups in total. The van der Waals surface area contributed by atoms with E-state index >= 15 is 0 Å². The van der Waals surface area contributed by atoms with Gasteiger partial charge < -0.3 is 24.4 Å². The van der Waals surface area contributed by atoms with Crippen molar-refractivity contribution in [2.24, 2.45) is 5.41 Å². The van der Waals surface area contributed by atoms with E-state index in [1.54, 1.807) is 33.9 Å². The smallest absolute Gasteiger partial charge is 0.317 e. The van der Waals surface area contributed by atoms with E-state index in [-0.39, 0.29) is 29.6 Å². The van der Waals surface area contributed by atoms with Crippen LogP contribution in [0.1, 0.15) is 30.8 Å². The maximum absolute atomic E-state index is 12.8. The van der Waals surface area contributed by atoms with Crippen LogP contribution in [0.5, 0.6) is 0 Å². The van der Waals surface area contributed by atoms with Gasteiger partial charge in [-0.15, -0.1) is 0 Å². The molecular formula is C18H26N4O4. The van der Waals surface area contributed by atoms with Crippen LogP contribution in [0.3, 0.4) is 0 Å². The molecule has 26 heavy (non-hydrogen) atoms. The number of rotatable bonds is 2. The minimum absolute atomic E-state index is 0.0236. The molecule has 3 heterocycles. The number of carbonyl (C=O) groups is 3. The molecule has 2 aliphatic rings. The first-order valence-electron chi connectivity index (χ1n) is 8.92. The van der Waals surface area contributed by atoms with Crippen molar-refractivity contribution in [2.45, 2.75) is 26.3 Å². The third kappa shape index (κ3) is 3.68. The molecule has 0 unspecified atom stereocenters. The van der Waals surface area contributed by atoms with Gasteiger partial charge in [0.1, 0.15) is 0 Å². The SMILES string of the molecule is CC(C)NC(=O)N1CCN(C(=O)c2ccco2)C[C@]2(CC(=O)N(C)C2)C1. The summed E-state index contributed by atoms with van der Waals surface area (Å²) in [6.45, 7) is 6.04. The van der Waals surface area contributed by atoms with Gasteiger partial charge in [0.2, 0.25) is 5.91 Å². The van der Waals surface area contributed by atoms with Gasteiger partial charge in [-0.3, -0.25) is 9.59 Å². The van der Waals surface area contributed by atoms with E-state index in [1.165, 1.54) is 6.26 Å². The molecule has 1 aromatic heterocycles. The summed E-state index contributed by atoms with van der Waals surface area (Å²) in [6.07, 6.45) is 1.80. The van der Waals surface area contributed by atoms with Crippen LogP contribution in [0, 0.1) is 5.41 Å². The van der Waals surface area contributed by atoms with Gasteiger partial charge in [-0.1, -0.05) is 0 Å². The molecule has 3 rings (SSSR count). The lowest BCUT2D eigenvalue weighted by Crippen LogP contribution is -2.49. The number of furan rings is 1. The summed E-state index contributed by atoms with van der Waals surface area (Å²) in [4.78, 5) is 42.7. The Kier molecular flexibility index (Phi) is 4.93. The van der Waals surface area contributed by atoms with Gasteiger partial charge in [0.05, 0.1) is 6.26 Å². The van der Waals surface area contributed by atoms with Crippen molar-refractivity contribution < 1.29 is 18.8 Å². The molecule has 4 amide bonds. The molecule has 2 fully saturated rings. The Balaban J connectivity index is 1.84. The summed E-state index contributed by atoms with van der Waals surface area (Å²) in [5.41, 5.74) is -0.459. The zero-order valence-corrected chi connectivity index (χ0v) is 15.5. The van der Waals surface area contributed by atoms with Gasteiger partial charge >= 0.3 is 6.03 Å². The van der Waals surface area contributed by atoms with Crippen molar-refractivity contribution in [3.63, 3.8) is 0 Å². The molecule has 0 aliphatic carbocycles. The number of hydrogen-bond acceptors (Lipinski definition) is 4. The molecule has 0 aromatic carbocycles. The van der Waals surface area contributed by atoms with Crippen LogP contribution in [-0.2, 0) is 4.79 Å². The molecular weight excluding hydrogens is 336 g/mol. The van der Waals surface area contributed by atoms with Crippen LogP contribution in [0.4, 0.5) is 4.79 Å². The lowest BCUT2D eigenvalue weighted by Gasteiger charge is -2.33. The molecule has 8 nitrogen and oxygen atoms in total. The highest BCUT2D eigenvalue weighted by Crippen LogP contribution is 2.34. The second kappa shape index (κ2) is 7.01. The van der Waals surface area contributed by atoms with Gasteiger partial charge in [0.15, 0.2) is 5.76 Å². The fraction of sp³-hybridized carbons (Fsp3) is 0.611. The maximum atomic E-state index is 12.8. The first-order valence-corrected chi connectivity index (χ1v) is 8.92. The molecule has 142 valence electrons. The summed E-state index contributed by atoms with van der Waals surface area (Å²) < 4.78 is 5.25. The van der Waals surface area contributed by atoms with E-state index in [4.69, 9.17) is 4.42 Å². The Morgan fingerprint density at radius 1 is 1.19 bits per heavy atom. The topological polar surface area (TPSA) is 86.1 Å². The highest BCUT2D eigenvalue weighted by atomic mass is 16.3. The number of nitrogens with one attached hydrogen (secondary N) is 1. The molecule has 1 atom stereocenters. The fourth-order valence-corrected chi connectivity index (χ4v) is 3.82. The summed E-state index contributed by atoms with van der Waals surface area (Å²) in [5, 5.41) is 2.91. The van der Waals surface area contributed by atoms with Crippen LogP contribution in [0.2, 0.25) is 0 Å². The van der Waals surface area contributed by atoms with Gasteiger partial charge in [0, 0.05) is 57.6 Å². The monoisotopic (exact) mass is 362 g/mol. The number of likely N-dealkylation sites (tertiary alicyclic amines) is 1. The largest absolute Gasteiger partial charge is 0.459 e. The third-order valence-electron chi connectivity index (χ3n) is 4.94. The van der Waals surface area contributed by atoms with Gasteiger partial charge in [0.25, 0.3) is 5.91 Å². The fourth-order valence-electron chi connectivity index (χ4n) is 3.82. The summed E-state index contributed by atoms with van der Waals surface area (Å²) >= 11 is 0. The Bertz CT molecular complexity index is 687. The average Bonchev–Trinajstić information content (AvgIpc) is 3.13. The van der Waals surface area contributed by atoms with Crippen LogP contribution in [0.25, 0.3) is 0 Å². The molecule has 0 bridgehead atoms. The number of nitrogens with zero attached hydrogens (tertiary/aromatic N) is 3. The predicted octanol–water partition coefficient (Wildman–Crippen LogP) is 1.00. The molecule has 0 radical (unpaired) electrons. The van der Waals surface area contributed by atoms with E-state index in [0.717, 1.165) is 0 Å². The van der Waals surface area contributed by atoms with Crippen LogP contribution < -0.4 is 5.32 Å². The Labute approximate surface area is 153 Å². The van der Waals surface area contributed by atoms with Crippen molar-refractivity contribution in [1.29, 1.82) is 0 Å². The number of amides is 4. The van der Waals surface area contributed by atoms with Crippen molar-refractivity contribution in [2.75, 3.05) is 39.8 Å². The first-order chi connectivity index (χ1) is 12.3. The minimum atomic E-state index is -0.459. The summed E-state index contributed by atoms with van der Waals surface area (Å²) in [7, 11) is 1.76.